The zero-order valence-electron chi connectivity index (χ0n) is 19.3. The highest BCUT2D eigenvalue weighted by Gasteiger charge is 2.54. The molecule has 0 aromatic heterocycles. The van der Waals surface area contributed by atoms with E-state index in [0.717, 1.165) is 34.6 Å². The number of hydrogen-bond acceptors (Lipinski definition) is 14. The summed E-state index contributed by atoms with van der Waals surface area (Å²) in [4.78, 5) is 57.8. The summed E-state index contributed by atoms with van der Waals surface area (Å²) in [6.45, 7) is 4.89. The maximum atomic E-state index is 11.7. The van der Waals surface area contributed by atoms with Crippen molar-refractivity contribution in [3.63, 3.8) is 0 Å². The quantitative estimate of drug-likeness (QED) is 0.313. The Morgan fingerprint density at radius 1 is 0.735 bits per heavy atom. The first-order valence-corrected chi connectivity index (χ1v) is 10.3. The van der Waals surface area contributed by atoms with Crippen molar-refractivity contribution in [2.24, 2.45) is 0 Å². The minimum Gasteiger partial charge on any atom is -0.463 e. The molecule has 192 valence electrons. The van der Waals surface area contributed by atoms with E-state index >= 15 is 0 Å². The standard InChI is InChI=1S/C20H28O14/c1-8(21)27-6-13-16(30-10(3)23)18(32-12(5)25)20(33-13)34-14-7-28-19(26)17(31-11(4)24)15(14)29-9(2)22/h13-20,26H,6-7H2,1-5H3/t13-,14+,15+,16+,17+,18+,19-,20+/m1/s1. The molecule has 0 saturated carbocycles. The van der Waals surface area contributed by atoms with Crippen LogP contribution < -0.4 is 0 Å². The van der Waals surface area contributed by atoms with Crippen LogP contribution in [-0.4, -0.2) is 97.4 Å². The average Bonchev–Trinajstić information content (AvgIpc) is 2.99. The summed E-state index contributed by atoms with van der Waals surface area (Å²) in [6, 6.07) is 0. The Morgan fingerprint density at radius 3 is 1.76 bits per heavy atom. The van der Waals surface area contributed by atoms with Crippen molar-refractivity contribution >= 4 is 29.8 Å². The zero-order valence-corrected chi connectivity index (χ0v) is 19.3. The van der Waals surface area contributed by atoms with Gasteiger partial charge in [-0.15, -0.1) is 0 Å². The lowest BCUT2D eigenvalue weighted by Crippen LogP contribution is -2.58. The van der Waals surface area contributed by atoms with Gasteiger partial charge in [-0.05, 0) is 0 Å². The van der Waals surface area contributed by atoms with Crippen molar-refractivity contribution in [3.8, 4) is 0 Å². The molecule has 1 N–H and O–H groups in total. The van der Waals surface area contributed by atoms with E-state index in [2.05, 4.69) is 0 Å². The number of hydrogen-bond donors (Lipinski definition) is 1. The predicted octanol–water partition coefficient (Wildman–Crippen LogP) is -1.26. The highest BCUT2D eigenvalue weighted by atomic mass is 16.8. The fourth-order valence-electron chi connectivity index (χ4n) is 3.48. The van der Waals surface area contributed by atoms with Crippen LogP contribution in [0.15, 0.2) is 0 Å². The molecular formula is C20H28O14. The molecule has 0 aliphatic carbocycles. The van der Waals surface area contributed by atoms with Crippen molar-refractivity contribution in [1.82, 2.24) is 0 Å². The van der Waals surface area contributed by atoms with Crippen LogP contribution in [-0.2, 0) is 61.9 Å². The Balaban J connectivity index is 2.31. The summed E-state index contributed by atoms with van der Waals surface area (Å²) in [7, 11) is 0. The smallest absolute Gasteiger partial charge is 0.303 e. The Kier molecular flexibility index (Phi) is 9.73. The second-order valence-corrected chi connectivity index (χ2v) is 7.54. The molecule has 0 radical (unpaired) electrons. The number of esters is 5. The summed E-state index contributed by atoms with van der Waals surface area (Å²) < 4.78 is 42.4. The van der Waals surface area contributed by atoms with Crippen LogP contribution in [0.1, 0.15) is 34.6 Å². The van der Waals surface area contributed by atoms with Gasteiger partial charge in [0.15, 0.2) is 37.0 Å². The van der Waals surface area contributed by atoms with Crippen LogP contribution in [0.3, 0.4) is 0 Å². The third-order valence-electron chi connectivity index (χ3n) is 4.64. The molecule has 2 fully saturated rings. The summed E-state index contributed by atoms with van der Waals surface area (Å²) in [5.74, 6) is -3.66. The first kappa shape index (κ1) is 27.4. The number of aliphatic hydroxyl groups is 1. The van der Waals surface area contributed by atoms with Gasteiger partial charge in [-0.25, -0.2) is 0 Å². The molecule has 0 bridgehead atoms. The van der Waals surface area contributed by atoms with Gasteiger partial charge in [-0.2, -0.15) is 0 Å². The van der Waals surface area contributed by atoms with Crippen molar-refractivity contribution in [3.05, 3.63) is 0 Å². The van der Waals surface area contributed by atoms with Gasteiger partial charge < -0.3 is 43.0 Å². The average molecular weight is 492 g/mol. The van der Waals surface area contributed by atoms with Crippen LogP contribution in [0, 0.1) is 0 Å². The number of aliphatic hydroxyl groups excluding tert-OH is 1. The first-order valence-electron chi connectivity index (χ1n) is 10.3. The predicted molar refractivity (Wildman–Crippen MR) is 104 cm³/mol. The molecule has 14 nitrogen and oxygen atoms in total. The molecule has 0 amide bonds. The highest BCUT2D eigenvalue weighted by Crippen LogP contribution is 2.32. The van der Waals surface area contributed by atoms with E-state index in [0.29, 0.717) is 0 Å². The lowest BCUT2D eigenvalue weighted by molar-refractivity contribution is -0.298. The topological polar surface area (TPSA) is 179 Å². The molecule has 2 aliphatic rings. The Labute approximate surface area is 194 Å². The molecule has 2 aliphatic heterocycles. The molecule has 34 heavy (non-hydrogen) atoms. The van der Waals surface area contributed by atoms with Gasteiger partial charge in [-0.3, -0.25) is 24.0 Å². The third-order valence-corrected chi connectivity index (χ3v) is 4.64. The minimum absolute atomic E-state index is 0.337. The number of ether oxygens (including phenoxy) is 8. The first-order chi connectivity index (χ1) is 15.9. The summed E-state index contributed by atoms with van der Waals surface area (Å²) in [6.07, 6.45) is -10.6. The van der Waals surface area contributed by atoms with Crippen molar-refractivity contribution in [2.75, 3.05) is 13.2 Å². The van der Waals surface area contributed by atoms with Crippen LogP contribution in [0.4, 0.5) is 0 Å². The monoisotopic (exact) mass is 492 g/mol. The molecular weight excluding hydrogens is 464 g/mol. The van der Waals surface area contributed by atoms with Gasteiger partial charge >= 0.3 is 29.8 Å². The number of carbonyl (C=O) groups excluding carboxylic acids is 5. The van der Waals surface area contributed by atoms with E-state index in [-0.39, 0.29) is 13.2 Å². The van der Waals surface area contributed by atoms with Crippen LogP contribution in [0.25, 0.3) is 0 Å². The summed E-state index contributed by atoms with van der Waals surface area (Å²) >= 11 is 0. The van der Waals surface area contributed by atoms with Crippen molar-refractivity contribution < 1.29 is 67.0 Å². The van der Waals surface area contributed by atoms with E-state index < -0.39 is 79.1 Å². The molecule has 0 unspecified atom stereocenters. The van der Waals surface area contributed by atoms with Crippen LogP contribution >= 0.6 is 0 Å². The molecule has 0 spiro atoms. The minimum atomic E-state index is -1.62. The van der Waals surface area contributed by atoms with E-state index in [1.165, 1.54) is 0 Å². The van der Waals surface area contributed by atoms with Crippen molar-refractivity contribution in [2.45, 2.75) is 83.8 Å². The Morgan fingerprint density at radius 2 is 1.24 bits per heavy atom. The molecule has 2 heterocycles. The Hall–Kier alpha value is -2.81. The van der Waals surface area contributed by atoms with Crippen molar-refractivity contribution in [1.29, 1.82) is 0 Å². The number of rotatable bonds is 8. The number of carbonyl (C=O) groups is 5. The van der Waals surface area contributed by atoms with E-state index in [4.69, 9.17) is 37.9 Å². The van der Waals surface area contributed by atoms with Crippen LogP contribution in [0.2, 0.25) is 0 Å². The van der Waals surface area contributed by atoms with Crippen LogP contribution in [0.5, 0.6) is 0 Å². The van der Waals surface area contributed by atoms with Gasteiger partial charge in [0.25, 0.3) is 0 Å². The lowest BCUT2D eigenvalue weighted by Gasteiger charge is -2.40. The van der Waals surface area contributed by atoms with Gasteiger partial charge in [0.2, 0.25) is 0 Å². The molecule has 0 aromatic carbocycles. The lowest BCUT2D eigenvalue weighted by atomic mass is 10.0. The van der Waals surface area contributed by atoms with Gasteiger partial charge in [0.05, 0.1) is 6.61 Å². The maximum Gasteiger partial charge on any atom is 0.303 e. The molecule has 8 atom stereocenters. The molecule has 14 heteroatoms. The van der Waals surface area contributed by atoms with Gasteiger partial charge in [0, 0.05) is 34.6 Å². The third kappa shape index (κ3) is 7.62. The van der Waals surface area contributed by atoms with E-state index in [9.17, 15) is 29.1 Å². The zero-order chi connectivity index (χ0) is 25.6. The fraction of sp³-hybridized carbons (Fsp3) is 0.750. The fourth-order valence-corrected chi connectivity index (χ4v) is 3.48. The van der Waals surface area contributed by atoms with E-state index in [1.807, 2.05) is 0 Å². The summed E-state index contributed by atoms with van der Waals surface area (Å²) in [5, 5.41) is 10.1. The Bertz CT molecular complexity index is 781. The largest absolute Gasteiger partial charge is 0.463 e. The molecule has 0 aromatic rings. The van der Waals surface area contributed by atoms with Gasteiger partial charge in [0.1, 0.15) is 18.8 Å². The van der Waals surface area contributed by atoms with E-state index in [1.54, 1.807) is 0 Å². The summed E-state index contributed by atoms with van der Waals surface area (Å²) in [5.41, 5.74) is 0. The maximum absolute atomic E-state index is 11.7. The molecule has 2 rings (SSSR count). The van der Waals surface area contributed by atoms with Gasteiger partial charge in [-0.1, -0.05) is 0 Å². The second-order valence-electron chi connectivity index (χ2n) is 7.54. The second kappa shape index (κ2) is 12.1. The normalized spacial score (nSPS) is 32.9. The SMILES string of the molecule is CC(=O)OC[C@H]1O[C@@H](O[C@H]2CO[C@@H](O)[C@@H](OC(C)=O)[C@H]2OC(C)=O)[C@@H](OC(C)=O)[C@H]1OC(C)=O. The molecule has 2 saturated heterocycles. The highest BCUT2D eigenvalue weighted by molar-refractivity contribution is 5.68.